The van der Waals surface area contributed by atoms with E-state index in [1.165, 1.54) is 0 Å². The predicted molar refractivity (Wildman–Crippen MR) is 103 cm³/mol. The lowest BCUT2D eigenvalue weighted by Gasteiger charge is -2.21. The summed E-state index contributed by atoms with van der Waals surface area (Å²) in [5.74, 6) is 0.893. The standard InChI is InChI=1S/C18H18Cl2N2OS/c19-13-5-7-14(8-6-13)21-18(23)22-10-9-17(24-12-11-22)15-3-1-2-4-16(15)20/h1-8,17H,9-12H2,(H,21,23). The Morgan fingerprint density at radius 1 is 1.08 bits per heavy atom. The van der Waals surface area contributed by atoms with E-state index in [0.29, 0.717) is 16.8 Å². The van der Waals surface area contributed by atoms with E-state index in [4.69, 9.17) is 23.2 Å². The number of carbonyl (C=O) groups excluding carboxylic acids is 1. The third-order valence-electron chi connectivity index (χ3n) is 3.98. The first-order valence-corrected chi connectivity index (χ1v) is 9.61. The minimum absolute atomic E-state index is 0.0715. The number of rotatable bonds is 2. The van der Waals surface area contributed by atoms with Crippen molar-refractivity contribution >= 4 is 46.7 Å². The average molecular weight is 381 g/mol. The Morgan fingerprint density at radius 2 is 1.83 bits per heavy atom. The average Bonchev–Trinajstić information content (AvgIpc) is 2.83. The molecule has 0 saturated carbocycles. The Kier molecular flexibility index (Phi) is 5.93. The molecule has 2 amide bonds. The zero-order valence-corrected chi connectivity index (χ0v) is 15.4. The van der Waals surface area contributed by atoms with Gasteiger partial charge >= 0.3 is 6.03 Å². The normalized spacial score (nSPS) is 18.1. The van der Waals surface area contributed by atoms with Crippen LogP contribution in [0.1, 0.15) is 17.2 Å². The molecule has 24 heavy (non-hydrogen) atoms. The number of anilines is 1. The molecule has 1 saturated heterocycles. The van der Waals surface area contributed by atoms with Gasteiger partial charge in [0.25, 0.3) is 0 Å². The summed E-state index contributed by atoms with van der Waals surface area (Å²) in [5.41, 5.74) is 1.91. The summed E-state index contributed by atoms with van der Waals surface area (Å²) in [6.45, 7) is 1.44. The van der Waals surface area contributed by atoms with Crippen molar-refractivity contribution in [2.45, 2.75) is 11.7 Å². The molecule has 0 aliphatic carbocycles. The molecule has 1 heterocycles. The van der Waals surface area contributed by atoms with E-state index in [1.54, 1.807) is 24.3 Å². The van der Waals surface area contributed by atoms with Crippen molar-refractivity contribution < 1.29 is 4.79 Å². The van der Waals surface area contributed by atoms with Gasteiger partial charge in [0.2, 0.25) is 0 Å². The number of thioether (sulfide) groups is 1. The number of nitrogens with zero attached hydrogens (tertiary/aromatic N) is 1. The largest absolute Gasteiger partial charge is 0.324 e. The molecule has 3 nitrogen and oxygen atoms in total. The fraction of sp³-hybridized carbons (Fsp3) is 0.278. The van der Waals surface area contributed by atoms with Crippen LogP contribution >= 0.6 is 35.0 Å². The Hall–Kier alpha value is -1.36. The van der Waals surface area contributed by atoms with Crippen LogP contribution in [-0.2, 0) is 0 Å². The highest BCUT2D eigenvalue weighted by molar-refractivity contribution is 7.99. The molecule has 1 aliphatic heterocycles. The van der Waals surface area contributed by atoms with Gasteiger partial charge in [0, 0.05) is 39.8 Å². The minimum Gasteiger partial charge on any atom is -0.324 e. The fourth-order valence-electron chi connectivity index (χ4n) is 2.69. The summed E-state index contributed by atoms with van der Waals surface area (Å²) in [6.07, 6.45) is 0.891. The molecule has 2 aromatic rings. The number of carbonyl (C=O) groups is 1. The van der Waals surface area contributed by atoms with E-state index < -0.39 is 0 Å². The van der Waals surface area contributed by atoms with Crippen LogP contribution < -0.4 is 5.32 Å². The molecule has 0 aromatic heterocycles. The van der Waals surface area contributed by atoms with Crippen LogP contribution in [0.2, 0.25) is 10.0 Å². The smallest absolute Gasteiger partial charge is 0.321 e. The first-order chi connectivity index (χ1) is 11.6. The summed E-state index contributed by atoms with van der Waals surface area (Å²) in [6, 6.07) is 15.0. The lowest BCUT2D eigenvalue weighted by atomic mass is 10.1. The number of hydrogen-bond acceptors (Lipinski definition) is 2. The summed E-state index contributed by atoms with van der Waals surface area (Å²) in [4.78, 5) is 14.3. The third kappa shape index (κ3) is 4.38. The van der Waals surface area contributed by atoms with Crippen LogP contribution in [0.5, 0.6) is 0 Å². The summed E-state index contributed by atoms with van der Waals surface area (Å²) in [7, 11) is 0. The molecule has 126 valence electrons. The van der Waals surface area contributed by atoms with Gasteiger partial charge < -0.3 is 10.2 Å². The van der Waals surface area contributed by atoms with E-state index in [-0.39, 0.29) is 6.03 Å². The second kappa shape index (κ2) is 8.15. The molecule has 3 rings (SSSR count). The van der Waals surface area contributed by atoms with Gasteiger partial charge in [0.05, 0.1) is 0 Å². The van der Waals surface area contributed by atoms with Gasteiger partial charge in [-0.1, -0.05) is 41.4 Å². The van der Waals surface area contributed by atoms with Crippen LogP contribution in [0.3, 0.4) is 0 Å². The van der Waals surface area contributed by atoms with Gasteiger partial charge in [-0.25, -0.2) is 4.79 Å². The van der Waals surface area contributed by atoms with Crippen LogP contribution in [0.15, 0.2) is 48.5 Å². The summed E-state index contributed by atoms with van der Waals surface area (Å²) < 4.78 is 0. The first-order valence-electron chi connectivity index (χ1n) is 7.81. The zero-order chi connectivity index (χ0) is 16.9. The number of amides is 2. The highest BCUT2D eigenvalue weighted by atomic mass is 35.5. The molecule has 2 aromatic carbocycles. The second-order valence-corrected chi connectivity index (χ2v) is 7.75. The minimum atomic E-state index is -0.0715. The van der Waals surface area contributed by atoms with E-state index in [0.717, 1.165) is 35.0 Å². The van der Waals surface area contributed by atoms with Gasteiger partial charge in [-0.15, -0.1) is 0 Å². The molecule has 1 aliphatic rings. The summed E-state index contributed by atoms with van der Waals surface area (Å²) in [5, 5.41) is 4.71. The maximum Gasteiger partial charge on any atom is 0.321 e. The lowest BCUT2D eigenvalue weighted by Crippen LogP contribution is -2.36. The summed E-state index contributed by atoms with van der Waals surface area (Å²) >= 11 is 14.0. The highest BCUT2D eigenvalue weighted by Gasteiger charge is 2.23. The molecule has 6 heteroatoms. The molecule has 1 N–H and O–H groups in total. The van der Waals surface area contributed by atoms with E-state index in [1.807, 2.05) is 34.9 Å². The van der Waals surface area contributed by atoms with E-state index in [9.17, 15) is 4.79 Å². The van der Waals surface area contributed by atoms with Crippen molar-refractivity contribution in [3.63, 3.8) is 0 Å². The maximum absolute atomic E-state index is 12.5. The van der Waals surface area contributed by atoms with Crippen LogP contribution in [0.25, 0.3) is 0 Å². The zero-order valence-electron chi connectivity index (χ0n) is 13.0. The maximum atomic E-state index is 12.5. The quantitative estimate of drug-likeness (QED) is 0.723. The molecule has 0 radical (unpaired) electrons. The first kappa shape index (κ1) is 17.5. The molecule has 1 unspecified atom stereocenters. The van der Waals surface area contributed by atoms with Gasteiger partial charge in [0.1, 0.15) is 0 Å². The predicted octanol–water partition coefficient (Wildman–Crippen LogP) is 5.71. The fourth-order valence-corrected chi connectivity index (χ4v) is 4.42. The molecular formula is C18H18Cl2N2OS. The number of benzene rings is 2. The molecule has 1 atom stereocenters. The third-order valence-corrected chi connectivity index (χ3v) is 5.88. The second-order valence-electron chi connectivity index (χ2n) is 5.59. The van der Waals surface area contributed by atoms with Crippen molar-refractivity contribution in [2.24, 2.45) is 0 Å². The number of halogens is 2. The van der Waals surface area contributed by atoms with Crippen LogP contribution in [0, 0.1) is 0 Å². The van der Waals surface area contributed by atoms with E-state index in [2.05, 4.69) is 11.4 Å². The number of urea groups is 1. The van der Waals surface area contributed by atoms with Crippen molar-refractivity contribution in [2.75, 3.05) is 24.2 Å². The van der Waals surface area contributed by atoms with E-state index >= 15 is 0 Å². The lowest BCUT2D eigenvalue weighted by molar-refractivity contribution is 0.215. The van der Waals surface area contributed by atoms with Gasteiger partial charge in [-0.2, -0.15) is 11.8 Å². The van der Waals surface area contributed by atoms with Crippen molar-refractivity contribution in [1.82, 2.24) is 4.90 Å². The van der Waals surface area contributed by atoms with Crippen LogP contribution in [0.4, 0.5) is 10.5 Å². The number of nitrogens with one attached hydrogen (secondary N) is 1. The Bertz CT molecular complexity index is 708. The highest BCUT2D eigenvalue weighted by Crippen LogP contribution is 2.37. The Balaban J connectivity index is 1.61. The van der Waals surface area contributed by atoms with Crippen molar-refractivity contribution in [3.8, 4) is 0 Å². The molecular weight excluding hydrogens is 363 g/mol. The van der Waals surface area contributed by atoms with Crippen molar-refractivity contribution in [3.05, 3.63) is 64.1 Å². The Labute approximate surface area is 156 Å². The molecule has 0 spiro atoms. The number of hydrogen-bond donors (Lipinski definition) is 1. The van der Waals surface area contributed by atoms with Gasteiger partial charge in [-0.3, -0.25) is 0 Å². The van der Waals surface area contributed by atoms with Crippen LogP contribution in [-0.4, -0.2) is 29.8 Å². The topological polar surface area (TPSA) is 32.3 Å². The molecule has 1 fully saturated rings. The Morgan fingerprint density at radius 3 is 2.58 bits per heavy atom. The van der Waals surface area contributed by atoms with Gasteiger partial charge in [0.15, 0.2) is 0 Å². The van der Waals surface area contributed by atoms with Crippen molar-refractivity contribution in [1.29, 1.82) is 0 Å². The SMILES string of the molecule is O=C(Nc1ccc(Cl)cc1)N1CCSC(c2ccccc2Cl)CC1. The van der Waals surface area contributed by atoms with Gasteiger partial charge in [-0.05, 0) is 42.3 Å². The molecule has 0 bridgehead atoms. The monoisotopic (exact) mass is 380 g/mol.